The first-order valence-corrected chi connectivity index (χ1v) is 13.2. The van der Waals surface area contributed by atoms with Gasteiger partial charge in [0.1, 0.15) is 23.2 Å². The highest BCUT2D eigenvalue weighted by molar-refractivity contribution is 6.06. The second kappa shape index (κ2) is 11.8. The standard InChI is InChI=1S/C34H34N4O/c1-4-5-7-12-23(2)27-15-10-11-16-30(27)37-26-18-20-29-28-19-17-25(21-31(28)39-32(29)22-26)34(36-3)38-33(35)24-13-8-6-9-14-24/h4-10,12-15,17-22,34,36-37H,2,11,16H2,1,3H3,(H2,35,38)/b5-4-,12-7-. The quantitative estimate of drug-likeness (QED) is 0.120. The molecule has 0 saturated heterocycles. The zero-order chi connectivity index (χ0) is 27.2. The van der Waals surface area contributed by atoms with Crippen molar-refractivity contribution >= 4 is 33.5 Å². The zero-order valence-electron chi connectivity index (χ0n) is 22.4. The van der Waals surface area contributed by atoms with Crippen molar-refractivity contribution in [3.8, 4) is 0 Å². The third kappa shape index (κ3) is 5.79. The molecule has 0 amide bonds. The lowest BCUT2D eigenvalue weighted by Crippen LogP contribution is -2.21. The summed E-state index contributed by atoms with van der Waals surface area (Å²) in [4.78, 5) is 4.73. The molecule has 1 atom stereocenters. The molecule has 39 heavy (non-hydrogen) atoms. The molecule has 4 aromatic rings. The Morgan fingerprint density at radius 3 is 2.56 bits per heavy atom. The average Bonchev–Trinajstić information content (AvgIpc) is 3.33. The van der Waals surface area contributed by atoms with Crippen molar-refractivity contribution in [1.29, 1.82) is 0 Å². The molecule has 1 unspecified atom stereocenters. The number of furan rings is 1. The molecule has 0 saturated carbocycles. The van der Waals surface area contributed by atoms with E-state index in [2.05, 4.69) is 59.7 Å². The van der Waals surface area contributed by atoms with Crippen molar-refractivity contribution in [2.45, 2.75) is 25.9 Å². The number of aliphatic imine (C=N–C) groups is 1. The van der Waals surface area contributed by atoms with Crippen LogP contribution in [0.4, 0.5) is 5.69 Å². The molecule has 1 heterocycles. The van der Waals surface area contributed by atoms with Crippen LogP contribution in [0.25, 0.3) is 21.9 Å². The van der Waals surface area contributed by atoms with Crippen LogP contribution in [0.1, 0.15) is 37.1 Å². The third-order valence-corrected chi connectivity index (χ3v) is 6.84. The molecule has 0 fully saturated rings. The number of nitrogens with zero attached hydrogens (tertiary/aromatic N) is 1. The zero-order valence-corrected chi connectivity index (χ0v) is 22.4. The van der Waals surface area contributed by atoms with Crippen molar-refractivity contribution in [3.63, 3.8) is 0 Å². The molecule has 196 valence electrons. The fourth-order valence-corrected chi connectivity index (χ4v) is 4.81. The number of nitrogens with one attached hydrogen (secondary N) is 2. The van der Waals surface area contributed by atoms with E-state index in [1.165, 1.54) is 0 Å². The van der Waals surface area contributed by atoms with Gasteiger partial charge in [-0.25, -0.2) is 4.99 Å². The minimum absolute atomic E-state index is 0.292. The lowest BCUT2D eigenvalue weighted by Gasteiger charge is -2.18. The van der Waals surface area contributed by atoms with Gasteiger partial charge in [-0.2, -0.15) is 0 Å². The predicted octanol–water partition coefficient (Wildman–Crippen LogP) is 7.91. The van der Waals surface area contributed by atoms with Crippen molar-refractivity contribution in [2.75, 3.05) is 12.4 Å². The van der Waals surface area contributed by atoms with Crippen LogP contribution >= 0.6 is 0 Å². The Hall–Kier alpha value is -4.61. The van der Waals surface area contributed by atoms with E-state index in [-0.39, 0.29) is 6.17 Å². The molecule has 1 aliphatic rings. The lowest BCUT2D eigenvalue weighted by atomic mass is 9.96. The molecule has 4 N–H and O–H groups in total. The van der Waals surface area contributed by atoms with E-state index in [0.29, 0.717) is 5.84 Å². The predicted molar refractivity (Wildman–Crippen MR) is 165 cm³/mol. The van der Waals surface area contributed by atoms with Crippen LogP contribution in [0.2, 0.25) is 0 Å². The van der Waals surface area contributed by atoms with E-state index in [9.17, 15) is 0 Å². The summed E-state index contributed by atoms with van der Waals surface area (Å²) in [5.41, 5.74) is 14.1. The number of hydrogen-bond acceptors (Lipinski definition) is 4. The van der Waals surface area contributed by atoms with Crippen LogP contribution in [0, 0.1) is 0 Å². The van der Waals surface area contributed by atoms with Crippen LogP contribution in [0.15, 0.2) is 136 Å². The Morgan fingerprint density at radius 2 is 1.79 bits per heavy atom. The highest BCUT2D eigenvalue weighted by Crippen LogP contribution is 2.34. The number of rotatable bonds is 9. The first-order chi connectivity index (χ1) is 19.1. The van der Waals surface area contributed by atoms with Crippen LogP contribution in [-0.2, 0) is 0 Å². The van der Waals surface area contributed by atoms with Gasteiger partial charge in [0.25, 0.3) is 0 Å². The fourth-order valence-electron chi connectivity index (χ4n) is 4.81. The lowest BCUT2D eigenvalue weighted by molar-refractivity contribution is 0.620. The summed E-state index contributed by atoms with van der Waals surface area (Å²) < 4.78 is 6.33. The molecule has 0 spiro atoms. The van der Waals surface area contributed by atoms with Gasteiger partial charge in [-0.15, -0.1) is 0 Å². The van der Waals surface area contributed by atoms with Crippen molar-refractivity contribution in [3.05, 3.63) is 138 Å². The van der Waals surface area contributed by atoms with Crippen molar-refractivity contribution < 1.29 is 4.42 Å². The van der Waals surface area contributed by atoms with E-state index < -0.39 is 0 Å². The van der Waals surface area contributed by atoms with Crippen LogP contribution < -0.4 is 16.4 Å². The number of nitrogens with two attached hydrogens (primary N) is 1. The number of benzene rings is 3. The molecule has 0 bridgehead atoms. The van der Waals surface area contributed by atoms with E-state index >= 15 is 0 Å². The maximum Gasteiger partial charge on any atom is 0.137 e. The SMILES string of the molecule is C=C(/C=C\C=C/C)C1=C(Nc2ccc3c(c2)oc2cc(C(N=C(N)c4ccccc4)NC)ccc23)CCC=C1. The molecular weight excluding hydrogens is 480 g/mol. The van der Waals surface area contributed by atoms with Crippen LogP contribution in [0.3, 0.4) is 0 Å². The van der Waals surface area contributed by atoms with Crippen LogP contribution in [0.5, 0.6) is 0 Å². The largest absolute Gasteiger partial charge is 0.456 e. The topological polar surface area (TPSA) is 75.6 Å². The number of hydrogen-bond donors (Lipinski definition) is 3. The minimum Gasteiger partial charge on any atom is -0.456 e. The van der Waals surface area contributed by atoms with Gasteiger partial charge < -0.3 is 15.5 Å². The number of anilines is 1. The first kappa shape index (κ1) is 26.0. The molecule has 1 aliphatic carbocycles. The Morgan fingerprint density at radius 1 is 1.03 bits per heavy atom. The molecular formula is C34H34N4O. The number of amidine groups is 1. The van der Waals surface area contributed by atoms with Gasteiger partial charge >= 0.3 is 0 Å². The van der Waals surface area contributed by atoms with Gasteiger partial charge in [0.15, 0.2) is 0 Å². The molecule has 0 aliphatic heterocycles. The summed E-state index contributed by atoms with van der Waals surface area (Å²) in [6.07, 6.45) is 14.1. The smallest absolute Gasteiger partial charge is 0.137 e. The monoisotopic (exact) mass is 514 g/mol. The van der Waals surface area contributed by atoms with Gasteiger partial charge in [0, 0.05) is 39.4 Å². The van der Waals surface area contributed by atoms with E-state index in [1.54, 1.807) is 0 Å². The van der Waals surface area contributed by atoms with Gasteiger partial charge in [0.05, 0.1) is 0 Å². The van der Waals surface area contributed by atoms with Crippen molar-refractivity contribution in [1.82, 2.24) is 5.32 Å². The molecule has 0 radical (unpaired) electrons. The maximum absolute atomic E-state index is 6.33. The highest BCUT2D eigenvalue weighted by Gasteiger charge is 2.15. The minimum atomic E-state index is -0.292. The molecule has 5 nitrogen and oxygen atoms in total. The molecule has 1 aromatic heterocycles. The summed E-state index contributed by atoms with van der Waals surface area (Å²) in [6, 6.07) is 22.3. The fraction of sp³-hybridized carbons (Fsp3) is 0.147. The molecule has 5 rings (SSSR count). The third-order valence-electron chi connectivity index (χ3n) is 6.84. The molecule has 3 aromatic carbocycles. The second-order valence-corrected chi connectivity index (χ2v) is 9.51. The number of fused-ring (bicyclic) bond motifs is 3. The Bertz CT molecular complexity index is 1650. The average molecular weight is 515 g/mol. The Labute approximate surface area is 229 Å². The summed E-state index contributed by atoms with van der Waals surface area (Å²) in [5.74, 6) is 0.488. The van der Waals surface area contributed by atoms with Crippen LogP contribution in [-0.4, -0.2) is 12.9 Å². The molecule has 5 heteroatoms. The van der Waals surface area contributed by atoms with E-state index in [0.717, 1.165) is 68.4 Å². The summed E-state index contributed by atoms with van der Waals surface area (Å²) in [7, 11) is 1.88. The first-order valence-electron chi connectivity index (χ1n) is 13.2. The van der Waals surface area contributed by atoms with Gasteiger partial charge in [0.2, 0.25) is 0 Å². The summed E-state index contributed by atoms with van der Waals surface area (Å²) in [6.45, 7) is 6.28. The van der Waals surface area contributed by atoms with Gasteiger partial charge in [-0.3, -0.25) is 5.32 Å². The van der Waals surface area contributed by atoms with Gasteiger partial charge in [-0.05, 0) is 56.1 Å². The normalized spacial score (nSPS) is 15.2. The van der Waals surface area contributed by atoms with E-state index in [4.69, 9.17) is 15.1 Å². The Balaban J connectivity index is 1.44. The number of allylic oxidation sites excluding steroid dienone is 9. The van der Waals surface area contributed by atoms with E-state index in [1.807, 2.05) is 74.7 Å². The Kier molecular flexibility index (Phi) is 7.90. The summed E-state index contributed by atoms with van der Waals surface area (Å²) in [5, 5.41) is 9.03. The summed E-state index contributed by atoms with van der Waals surface area (Å²) >= 11 is 0. The van der Waals surface area contributed by atoms with Gasteiger partial charge in [-0.1, -0.05) is 85.5 Å². The van der Waals surface area contributed by atoms with Crippen molar-refractivity contribution in [2.24, 2.45) is 10.7 Å². The second-order valence-electron chi connectivity index (χ2n) is 9.51. The highest BCUT2D eigenvalue weighted by atomic mass is 16.3. The maximum atomic E-state index is 6.33.